The Bertz CT molecular complexity index is 928. The van der Waals surface area contributed by atoms with E-state index in [-0.39, 0.29) is 29.4 Å². The van der Waals surface area contributed by atoms with Crippen molar-refractivity contribution in [2.24, 2.45) is 5.92 Å². The molecule has 0 spiro atoms. The lowest BCUT2D eigenvalue weighted by molar-refractivity contribution is -0.386. The molecule has 0 heterocycles. The van der Waals surface area contributed by atoms with E-state index in [9.17, 15) is 15.2 Å². The minimum atomic E-state index is -1.09. The molecular formula is C26H41NO7Si2. The second kappa shape index (κ2) is 15.4. The molecule has 2 rings (SSSR count). The molecule has 4 unspecified atom stereocenters. The third-order valence-electron chi connectivity index (χ3n) is 6.42. The van der Waals surface area contributed by atoms with Crippen LogP contribution in [0.2, 0.25) is 0 Å². The normalized spacial score (nSPS) is 15.9. The third kappa shape index (κ3) is 9.51. The highest BCUT2D eigenvalue weighted by molar-refractivity contribution is 5.98. The highest BCUT2D eigenvalue weighted by atomic mass is 28.2. The Hall–Kier alpha value is -1.93. The fourth-order valence-electron chi connectivity index (χ4n) is 3.83. The van der Waals surface area contributed by atoms with Crippen molar-refractivity contribution in [3.05, 3.63) is 74.8 Å². The van der Waals surface area contributed by atoms with Crippen LogP contribution in [-0.2, 0) is 24.7 Å². The van der Waals surface area contributed by atoms with Gasteiger partial charge < -0.3 is 23.4 Å². The van der Waals surface area contributed by atoms with E-state index in [1.54, 1.807) is 24.3 Å². The van der Waals surface area contributed by atoms with E-state index in [4.69, 9.17) is 18.3 Å². The molecular weight excluding hydrogens is 494 g/mol. The van der Waals surface area contributed by atoms with E-state index in [1.807, 2.05) is 39.8 Å². The molecule has 200 valence electrons. The third-order valence-corrected chi connectivity index (χ3v) is 8.03. The van der Waals surface area contributed by atoms with Gasteiger partial charge >= 0.3 is 0 Å². The fraction of sp³-hybridized carbons (Fsp3) is 0.538. The van der Waals surface area contributed by atoms with Gasteiger partial charge in [0.2, 0.25) is 0 Å². The standard InChI is InChI=1S/C26H41NO7Si2/c1-17-5-8-22(9-6-17)25(28)23-16-21(7-10-24(23)27(29)30)15-18(2)26(31-13-11-19(3)33-35)32-14-12-20(4)34-36/h5-10,16,18-20,25-26,28H,11-15H2,1-4,35-36H3. The average Bonchev–Trinajstić information content (AvgIpc) is 2.87. The molecule has 36 heavy (non-hydrogen) atoms. The summed E-state index contributed by atoms with van der Waals surface area (Å²) in [6, 6.07) is 12.3. The molecule has 0 aliphatic rings. The molecule has 0 saturated carbocycles. The van der Waals surface area contributed by atoms with E-state index in [0.717, 1.165) is 24.0 Å². The summed E-state index contributed by atoms with van der Waals surface area (Å²) in [6.45, 7) is 9.08. The van der Waals surface area contributed by atoms with Crippen LogP contribution in [0.3, 0.4) is 0 Å². The minimum Gasteiger partial charge on any atom is -0.425 e. The molecule has 0 fully saturated rings. The topological polar surface area (TPSA) is 100 Å². The number of nitro benzene ring substituents is 1. The number of benzene rings is 2. The monoisotopic (exact) mass is 535 g/mol. The summed E-state index contributed by atoms with van der Waals surface area (Å²) in [5, 5.41) is 22.7. The quantitative estimate of drug-likeness (QED) is 0.153. The maximum atomic E-state index is 11.7. The van der Waals surface area contributed by atoms with Crippen LogP contribution in [0, 0.1) is 23.0 Å². The molecule has 0 aromatic heterocycles. The van der Waals surface area contributed by atoms with Gasteiger partial charge in [0, 0.05) is 24.2 Å². The second-order valence-electron chi connectivity index (χ2n) is 9.42. The van der Waals surface area contributed by atoms with Gasteiger partial charge in [0.1, 0.15) is 27.1 Å². The van der Waals surface area contributed by atoms with Gasteiger partial charge in [0.05, 0.1) is 23.7 Å². The summed E-state index contributed by atoms with van der Waals surface area (Å²) in [4.78, 5) is 11.2. The maximum Gasteiger partial charge on any atom is 0.275 e. The first-order chi connectivity index (χ1) is 17.2. The van der Waals surface area contributed by atoms with Gasteiger partial charge in [0.15, 0.2) is 6.29 Å². The number of nitro groups is 1. The summed E-state index contributed by atoms with van der Waals surface area (Å²) < 4.78 is 23.1. The van der Waals surface area contributed by atoms with E-state index < -0.39 is 17.3 Å². The van der Waals surface area contributed by atoms with Gasteiger partial charge in [-0.05, 0) is 57.2 Å². The second-order valence-corrected chi connectivity index (χ2v) is 10.4. The number of hydrogen-bond donors (Lipinski definition) is 1. The predicted octanol–water partition coefficient (Wildman–Crippen LogP) is 2.67. The molecule has 10 heteroatoms. The fourth-order valence-corrected chi connectivity index (χ4v) is 4.30. The summed E-state index contributed by atoms with van der Waals surface area (Å²) in [6.07, 6.45) is 0.894. The summed E-state index contributed by atoms with van der Waals surface area (Å²) in [5.41, 5.74) is 2.72. The van der Waals surface area contributed by atoms with Gasteiger partial charge in [-0.3, -0.25) is 10.1 Å². The number of ether oxygens (including phenoxy) is 2. The van der Waals surface area contributed by atoms with Gasteiger partial charge in [-0.2, -0.15) is 0 Å². The van der Waals surface area contributed by atoms with E-state index in [0.29, 0.717) is 46.2 Å². The number of aryl methyl sites for hydroxylation is 1. The zero-order chi connectivity index (χ0) is 26.7. The van der Waals surface area contributed by atoms with Gasteiger partial charge in [-0.1, -0.05) is 42.8 Å². The molecule has 0 aliphatic heterocycles. The van der Waals surface area contributed by atoms with Gasteiger partial charge in [0.25, 0.3) is 5.69 Å². The first-order valence-corrected chi connectivity index (χ1v) is 14.1. The molecule has 1 N–H and O–H groups in total. The van der Waals surface area contributed by atoms with Crippen LogP contribution in [0.5, 0.6) is 0 Å². The summed E-state index contributed by atoms with van der Waals surface area (Å²) in [7, 11) is 1.37. The van der Waals surface area contributed by atoms with E-state index in [2.05, 4.69) is 0 Å². The summed E-state index contributed by atoms with van der Waals surface area (Å²) >= 11 is 0. The van der Waals surface area contributed by atoms with Crippen molar-refractivity contribution in [2.45, 2.75) is 71.6 Å². The van der Waals surface area contributed by atoms with Gasteiger partial charge in [-0.15, -0.1) is 0 Å². The average molecular weight is 536 g/mol. The zero-order valence-corrected chi connectivity index (χ0v) is 26.3. The van der Waals surface area contributed by atoms with Crippen LogP contribution in [0.4, 0.5) is 5.69 Å². The lowest BCUT2D eigenvalue weighted by Gasteiger charge is -2.26. The zero-order valence-electron chi connectivity index (χ0n) is 22.3. The molecule has 0 saturated heterocycles. The Labute approximate surface area is 220 Å². The number of hydrogen-bond acceptors (Lipinski definition) is 7. The molecule has 4 atom stereocenters. The summed E-state index contributed by atoms with van der Waals surface area (Å²) in [5.74, 6) is -0.0183. The molecule has 8 nitrogen and oxygen atoms in total. The molecule has 0 amide bonds. The van der Waals surface area contributed by atoms with Crippen molar-refractivity contribution in [2.75, 3.05) is 13.2 Å². The van der Waals surface area contributed by atoms with Crippen LogP contribution in [0.15, 0.2) is 42.5 Å². The predicted molar refractivity (Wildman–Crippen MR) is 147 cm³/mol. The molecule has 2 aromatic rings. The van der Waals surface area contributed by atoms with Crippen molar-refractivity contribution >= 4 is 26.7 Å². The minimum absolute atomic E-state index is 0.0183. The molecule has 0 bridgehead atoms. The van der Waals surface area contributed by atoms with Crippen molar-refractivity contribution in [3.63, 3.8) is 0 Å². The van der Waals surface area contributed by atoms with Crippen LogP contribution in [0.1, 0.15) is 62.0 Å². The highest BCUT2D eigenvalue weighted by Gasteiger charge is 2.25. The van der Waals surface area contributed by atoms with E-state index in [1.165, 1.54) is 6.07 Å². The Morgan fingerprint density at radius 2 is 1.50 bits per heavy atom. The molecule has 0 radical (unpaired) electrons. The Kier molecular flexibility index (Phi) is 12.9. The van der Waals surface area contributed by atoms with Crippen molar-refractivity contribution in [1.82, 2.24) is 0 Å². The number of aliphatic hydroxyl groups excluding tert-OH is 1. The molecule has 2 aromatic carbocycles. The first kappa shape index (κ1) is 30.3. The van der Waals surface area contributed by atoms with Crippen LogP contribution < -0.4 is 0 Å². The molecule has 0 aliphatic carbocycles. The van der Waals surface area contributed by atoms with Crippen LogP contribution in [-0.4, -0.2) is 62.7 Å². The number of rotatable bonds is 16. The van der Waals surface area contributed by atoms with Crippen LogP contribution >= 0.6 is 0 Å². The largest absolute Gasteiger partial charge is 0.425 e. The van der Waals surface area contributed by atoms with Crippen molar-refractivity contribution < 1.29 is 28.4 Å². The Balaban J connectivity index is 2.20. The lowest BCUT2D eigenvalue weighted by Crippen LogP contribution is -2.29. The number of aliphatic hydroxyl groups is 1. The first-order valence-electron chi connectivity index (χ1n) is 12.5. The highest BCUT2D eigenvalue weighted by Crippen LogP contribution is 2.32. The van der Waals surface area contributed by atoms with Crippen molar-refractivity contribution in [1.29, 1.82) is 0 Å². The van der Waals surface area contributed by atoms with E-state index >= 15 is 0 Å². The Morgan fingerprint density at radius 3 is 2.00 bits per heavy atom. The SMILES string of the molecule is Cc1ccc(C(O)c2cc(CC(C)C(OCCC(C)O[SiH3])OCCC(C)O[SiH3])ccc2[N+](=O)[O-])cc1. The number of nitrogens with zero attached hydrogens (tertiary/aromatic N) is 1. The van der Waals surface area contributed by atoms with Crippen LogP contribution in [0.25, 0.3) is 0 Å². The van der Waals surface area contributed by atoms with Crippen molar-refractivity contribution in [3.8, 4) is 0 Å². The lowest BCUT2D eigenvalue weighted by atomic mass is 9.93. The van der Waals surface area contributed by atoms with Gasteiger partial charge in [-0.25, -0.2) is 0 Å². The Morgan fingerprint density at radius 1 is 0.944 bits per heavy atom. The maximum absolute atomic E-state index is 11.7. The smallest absolute Gasteiger partial charge is 0.275 e.